The SMILES string of the molecule is COC(C)/C(=C/C(=O)C(C)C)[O][Ga]. The van der Waals surface area contributed by atoms with Crippen LogP contribution in [-0.2, 0) is 13.1 Å². The van der Waals surface area contributed by atoms with Crippen molar-refractivity contribution in [3.63, 3.8) is 0 Å². The second-order valence-electron chi connectivity index (χ2n) is 3.10. The van der Waals surface area contributed by atoms with E-state index in [1.54, 1.807) is 7.11 Å². The number of ketones is 1. The summed E-state index contributed by atoms with van der Waals surface area (Å²) >= 11 is 1.10. The molecule has 0 aliphatic rings. The van der Waals surface area contributed by atoms with Crippen molar-refractivity contribution in [2.75, 3.05) is 7.11 Å². The molecule has 0 fully saturated rings. The summed E-state index contributed by atoms with van der Waals surface area (Å²) in [6.45, 7) is 5.56. The van der Waals surface area contributed by atoms with Crippen LogP contribution in [0.25, 0.3) is 0 Å². The second-order valence-corrected chi connectivity index (χ2v) is 3.59. The topological polar surface area (TPSA) is 35.5 Å². The molecule has 4 heteroatoms. The Labute approximate surface area is 89.8 Å². The molecule has 0 spiro atoms. The quantitative estimate of drug-likeness (QED) is 0.412. The first-order chi connectivity index (χ1) is 6.02. The fraction of sp³-hybridized carbons (Fsp3) is 0.667. The number of carbonyl (C=O) groups excluding carboxylic acids is 1. The number of carbonyl (C=O) groups is 1. The molecule has 0 bridgehead atoms. The Morgan fingerprint density at radius 1 is 1.38 bits per heavy atom. The first kappa shape index (κ1) is 12.8. The van der Waals surface area contributed by atoms with E-state index in [-0.39, 0.29) is 17.8 Å². The van der Waals surface area contributed by atoms with Gasteiger partial charge < -0.3 is 0 Å². The summed E-state index contributed by atoms with van der Waals surface area (Å²) in [5.41, 5.74) is 0. The van der Waals surface area contributed by atoms with Crippen LogP contribution in [0.5, 0.6) is 0 Å². The van der Waals surface area contributed by atoms with Crippen LogP contribution in [0, 0.1) is 5.92 Å². The van der Waals surface area contributed by atoms with E-state index < -0.39 is 0 Å². The van der Waals surface area contributed by atoms with Crippen molar-refractivity contribution < 1.29 is 13.1 Å². The van der Waals surface area contributed by atoms with E-state index in [0.29, 0.717) is 5.76 Å². The monoisotopic (exact) mass is 240 g/mol. The molecule has 1 atom stereocenters. The van der Waals surface area contributed by atoms with Crippen LogP contribution >= 0.6 is 0 Å². The average molecular weight is 241 g/mol. The van der Waals surface area contributed by atoms with Crippen LogP contribution in [-0.4, -0.2) is 38.0 Å². The van der Waals surface area contributed by atoms with Gasteiger partial charge in [0.2, 0.25) is 0 Å². The van der Waals surface area contributed by atoms with Gasteiger partial charge in [0.15, 0.2) is 0 Å². The number of ether oxygens (including phenoxy) is 1. The summed E-state index contributed by atoms with van der Waals surface area (Å²) in [5.74, 6) is 0.666. The van der Waals surface area contributed by atoms with Crippen molar-refractivity contribution in [1.29, 1.82) is 0 Å². The fourth-order valence-corrected chi connectivity index (χ4v) is 1.22. The van der Waals surface area contributed by atoms with E-state index in [4.69, 9.17) is 8.27 Å². The number of methoxy groups -OCH3 is 1. The minimum atomic E-state index is -0.158. The molecule has 0 heterocycles. The molecule has 13 heavy (non-hydrogen) atoms. The summed E-state index contributed by atoms with van der Waals surface area (Å²) in [6, 6.07) is 0. The van der Waals surface area contributed by atoms with Gasteiger partial charge in [-0.15, -0.1) is 0 Å². The van der Waals surface area contributed by atoms with Crippen LogP contribution < -0.4 is 0 Å². The molecular formula is C9H15GaO3. The van der Waals surface area contributed by atoms with Crippen molar-refractivity contribution in [2.45, 2.75) is 26.9 Å². The van der Waals surface area contributed by atoms with Gasteiger partial charge in [-0.1, -0.05) is 0 Å². The van der Waals surface area contributed by atoms with Crippen molar-refractivity contribution in [3.8, 4) is 0 Å². The summed E-state index contributed by atoms with van der Waals surface area (Å²) in [7, 11) is 1.59. The molecule has 0 aromatic heterocycles. The van der Waals surface area contributed by atoms with E-state index in [9.17, 15) is 4.79 Å². The van der Waals surface area contributed by atoms with Crippen molar-refractivity contribution in [2.24, 2.45) is 5.92 Å². The Kier molecular flexibility index (Phi) is 6.20. The molecule has 0 aliphatic heterocycles. The maximum absolute atomic E-state index is 11.3. The van der Waals surface area contributed by atoms with Crippen LogP contribution in [0.1, 0.15) is 20.8 Å². The first-order valence-corrected chi connectivity index (χ1v) is 5.16. The van der Waals surface area contributed by atoms with Crippen LogP contribution in [0.4, 0.5) is 0 Å². The molecular weight excluding hydrogens is 226 g/mol. The van der Waals surface area contributed by atoms with Gasteiger partial charge in [-0.25, -0.2) is 0 Å². The third-order valence-electron chi connectivity index (χ3n) is 1.74. The van der Waals surface area contributed by atoms with E-state index in [2.05, 4.69) is 0 Å². The molecule has 0 saturated heterocycles. The Morgan fingerprint density at radius 2 is 1.92 bits per heavy atom. The Morgan fingerprint density at radius 3 is 2.23 bits per heavy atom. The molecule has 0 saturated carbocycles. The third-order valence-corrected chi connectivity index (χ3v) is 2.31. The Bertz CT molecular complexity index is 199. The standard InChI is InChI=1S/C9H16O3.Ga/c1-6(2)8(10)5-9(11)7(3)12-4;/h5-7,11H,1-4H3;/q;+1/p-1/b9-5-;. The van der Waals surface area contributed by atoms with Gasteiger partial charge in [0.25, 0.3) is 0 Å². The summed E-state index contributed by atoms with van der Waals surface area (Å²) in [5, 5.41) is 0. The molecule has 0 amide bonds. The zero-order valence-electron chi connectivity index (χ0n) is 8.53. The molecule has 2 radical (unpaired) electrons. The fourth-order valence-electron chi connectivity index (χ4n) is 0.670. The number of rotatable bonds is 5. The number of hydrogen-bond donors (Lipinski definition) is 0. The molecule has 0 aromatic rings. The maximum atomic E-state index is 11.3. The van der Waals surface area contributed by atoms with Crippen molar-refractivity contribution in [3.05, 3.63) is 11.8 Å². The Hall–Kier alpha value is -0.194. The van der Waals surface area contributed by atoms with Gasteiger partial charge in [0, 0.05) is 0 Å². The summed E-state index contributed by atoms with van der Waals surface area (Å²) < 4.78 is 10.1. The van der Waals surface area contributed by atoms with Crippen LogP contribution in [0.15, 0.2) is 11.8 Å². The third kappa shape index (κ3) is 4.54. The van der Waals surface area contributed by atoms with Gasteiger partial charge >= 0.3 is 89.5 Å². The molecule has 0 rings (SSSR count). The zero-order chi connectivity index (χ0) is 10.4. The molecule has 0 aliphatic carbocycles. The molecule has 0 aromatic carbocycles. The van der Waals surface area contributed by atoms with E-state index in [0.717, 1.165) is 19.0 Å². The predicted octanol–water partition coefficient (Wildman–Crippen LogP) is 1.23. The number of hydrogen-bond acceptors (Lipinski definition) is 3. The first-order valence-electron chi connectivity index (χ1n) is 4.17. The van der Waals surface area contributed by atoms with Gasteiger partial charge in [-0.3, -0.25) is 0 Å². The van der Waals surface area contributed by atoms with E-state index in [1.165, 1.54) is 6.08 Å². The normalized spacial score (nSPS) is 14.4. The second kappa shape index (κ2) is 6.29. The Balaban J connectivity index is 4.47. The van der Waals surface area contributed by atoms with Crippen molar-refractivity contribution in [1.82, 2.24) is 0 Å². The van der Waals surface area contributed by atoms with Crippen LogP contribution in [0.3, 0.4) is 0 Å². The van der Waals surface area contributed by atoms with Crippen LogP contribution in [0.2, 0.25) is 0 Å². The van der Waals surface area contributed by atoms with Crippen molar-refractivity contribution >= 4 is 24.7 Å². The predicted molar refractivity (Wildman–Crippen MR) is 51.2 cm³/mol. The molecule has 1 unspecified atom stereocenters. The molecule has 3 nitrogen and oxygen atoms in total. The van der Waals surface area contributed by atoms with Gasteiger partial charge in [0.1, 0.15) is 0 Å². The molecule has 72 valence electrons. The minimum absolute atomic E-state index is 0.00158. The molecule has 0 N–H and O–H groups in total. The van der Waals surface area contributed by atoms with Gasteiger partial charge in [-0.05, 0) is 0 Å². The van der Waals surface area contributed by atoms with E-state index >= 15 is 0 Å². The van der Waals surface area contributed by atoms with Gasteiger partial charge in [0.05, 0.1) is 0 Å². The summed E-state index contributed by atoms with van der Waals surface area (Å²) in [4.78, 5) is 11.3. The van der Waals surface area contributed by atoms with Gasteiger partial charge in [-0.2, -0.15) is 0 Å². The summed E-state index contributed by atoms with van der Waals surface area (Å²) in [6.07, 6.45) is 1.36. The van der Waals surface area contributed by atoms with E-state index in [1.807, 2.05) is 20.8 Å². The average Bonchev–Trinajstić information content (AvgIpc) is 2.12. The number of allylic oxidation sites excluding steroid dienone is 1. The zero-order valence-corrected chi connectivity index (χ0v) is 11.0.